The minimum atomic E-state index is -0.480. The van der Waals surface area contributed by atoms with Gasteiger partial charge in [-0.25, -0.2) is 0 Å². The van der Waals surface area contributed by atoms with E-state index in [9.17, 15) is 4.79 Å². The molecule has 104 valence electrons. The van der Waals surface area contributed by atoms with Crippen molar-refractivity contribution in [2.24, 2.45) is 5.73 Å². The van der Waals surface area contributed by atoms with Gasteiger partial charge in [0, 0.05) is 13.2 Å². The van der Waals surface area contributed by atoms with Gasteiger partial charge in [-0.2, -0.15) is 0 Å². The zero-order valence-corrected chi connectivity index (χ0v) is 11.2. The molecule has 0 spiro atoms. The van der Waals surface area contributed by atoms with Gasteiger partial charge in [0.25, 0.3) is 0 Å². The van der Waals surface area contributed by atoms with E-state index < -0.39 is 6.04 Å². The van der Waals surface area contributed by atoms with Crippen LogP contribution in [-0.2, 0) is 16.0 Å². The van der Waals surface area contributed by atoms with Crippen LogP contribution in [0.3, 0.4) is 0 Å². The third-order valence-corrected chi connectivity index (χ3v) is 3.42. The first kappa shape index (κ1) is 14.0. The summed E-state index contributed by atoms with van der Waals surface area (Å²) < 4.78 is 5.51. The van der Waals surface area contributed by atoms with Crippen LogP contribution in [0.2, 0.25) is 0 Å². The minimum Gasteiger partial charge on any atom is -0.378 e. The average molecular weight is 262 g/mol. The number of hydrogen-bond donors (Lipinski definition) is 2. The van der Waals surface area contributed by atoms with Crippen molar-refractivity contribution in [3.05, 3.63) is 35.9 Å². The Morgan fingerprint density at radius 3 is 2.89 bits per heavy atom. The van der Waals surface area contributed by atoms with Gasteiger partial charge in [-0.15, -0.1) is 0 Å². The van der Waals surface area contributed by atoms with Crippen molar-refractivity contribution in [3.8, 4) is 0 Å². The van der Waals surface area contributed by atoms with Gasteiger partial charge in [0.05, 0.1) is 12.1 Å². The molecule has 0 saturated carbocycles. The van der Waals surface area contributed by atoms with Gasteiger partial charge in [0.15, 0.2) is 0 Å². The van der Waals surface area contributed by atoms with Crippen molar-refractivity contribution in [2.75, 3.05) is 13.2 Å². The Kier molecular flexibility index (Phi) is 5.36. The van der Waals surface area contributed by atoms with Gasteiger partial charge in [0.2, 0.25) is 5.91 Å². The fourth-order valence-electron chi connectivity index (χ4n) is 2.32. The standard InChI is InChI=1S/C15H22N2O2/c16-14(11-12-5-2-1-3-6-12)15(18)17-9-8-13-7-4-10-19-13/h1-3,5-6,13-14H,4,7-11,16H2,(H,17,18)/t13?,14-/m0/s1. The third-order valence-electron chi connectivity index (χ3n) is 3.42. The molecule has 3 N–H and O–H groups in total. The number of carbonyl (C=O) groups excluding carboxylic acids is 1. The molecule has 2 rings (SSSR count). The van der Waals surface area contributed by atoms with E-state index in [0.29, 0.717) is 19.1 Å². The SMILES string of the molecule is N[C@@H](Cc1ccccc1)C(=O)NCCC1CCCO1. The van der Waals surface area contributed by atoms with E-state index in [1.54, 1.807) is 0 Å². The van der Waals surface area contributed by atoms with E-state index >= 15 is 0 Å². The molecule has 0 bridgehead atoms. The predicted octanol–water partition coefficient (Wildman–Crippen LogP) is 1.24. The molecule has 1 aromatic rings. The van der Waals surface area contributed by atoms with E-state index in [0.717, 1.165) is 31.4 Å². The van der Waals surface area contributed by atoms with Crippen LogP contribution in [0.25, 0.3) is 0 Å². The summed E-state index contributed by atoms with van der Waals surface area (Å²) in [5, 5.41) is 2.89. The molecule has 2 atom stereocenters. The topological polar surface area (TPSA) is 64.4 Å². The van der Waals surface area contributed by atoms with Crippen molar-refractivity contribution in [1.29, 1.82) is 0 Å². The van der Waals surface area contributed by atoms with Crippen LogP contribution < -0.4 is 11.1 Å². The molecular formula is C15H22N2O2. The Balaban J connectivity index is 1.67. The second-order valence-electron chi connectivity index (χ2n) is 5.01. The molecule has 1 aliphatic rings. The molecular weight excluding hydrogens is 240 g/mol. The maximum atomic E-state index is 11.8. The van der Waals surface area contributed by atoms with Gasteiger partial charge in [-0.3, -0.25) is 4.79 Å². The van der Waals surface area contributed by atoms with Crippen LogP contribution >= 0.6 is 0 Å². The van der Waals surface area contributed by atoms with Crippen LogP contribution in [0.1, 0.15) is 24.8 Å². The number of ether oxygens (including phenoxy) is 1. The highest BCUT2D eigenvalue weighted by Crippen LogP contribution is 2.14. The monoisotopic (exact) mass is 262 g/mol. The molecule has 0 aliphatic carbocycles. The third kappa shape index (κ3) is 4.65. The molecule has 4 nitrogen and oxygen atoms in total. The lowest BCUT2D eigenvalue weighted by Gasteiger charge is -2.14. The summed E-state index contributed by atoms with van der Waals surface area (Å²) in [5.74, 6) is -0.0816. The van der Waals surface area contributed by atoms with Gasteiger partial charge in [-0.1, -0.05) is 30.3 Å². The number of amides is 1. The minimum absolute atomic E-state index is 0.0816. The van der Waals surface area contributed by atoms with Crippen LogP contribution in [0.15, 0.2) is 30.3 Å². The molecule has 1 amide bonds. The smallest absolute Gasteiger partial charge is 0.237 e. The number of nitrogens with one attached hydrogen (secondary N) is 1. The first-order valence-corrected chi connectivity index (χ1v) is 6.94. The zero-order valence-electron chi connectivity index (χ0n) is 11.2. The van der Waals surface area contributed by atoms with Crippen LogP contribution in [0.5, 0.6) is 0 Å². The summed E-state index contributed by atoms with van der Waals surface area (Å²) in [4.78, 5) is 11.8. The first-order chi connectivity index (χ1) is 9.25. The highest BCUT2D eigenvalue weighted by atomic mass is 16.5. The number of nitrogens with two attached hydrogens (primary N) is 1. The molecule has 1 aliphatic heterocycles. The Labute approximate surface area is 114 Å². The quantitative estimate of drug-likeness (QED) is 0.810. The van der Waals surface area contributed by atoms with Crippen molar-refractivity contribution < 1.29 is 9.53 Å². The summed E-state index contributed by atoms with van der Waals surface area (Å²) in [5.41, 5.74) is 6.99. The molecule has 19 heavy (non-hydrogen) atoms. The molecule has 1 heterocycles. The summed E-state index contributed by atoms with van der Waals surface area (Å²) in [6, 6.07) is 9.36. The summed E-state index contributed by atoms with van der Waals surface area (Å²) >= 11 is 0. The van der Waals surface area contributed by atoms with E-state index in [1.165, 1.54) is 0 Å². The lowest BCUT2D eigenvalue weighted by molar-refractivity contribution is -0.122. The van der Waals surface area contributed by atoms with Crippen molar-refractivity contribution in [1.82, 2.24) is 5.32 Å². The Bertz CT molecular complexity index is 388. The fraction of sp³-hybridized carbons (Fsp3) is 0.533. The van der Waals surface area contributed by atoms with Gasteiger partial charge < -0.3 is 15.8 Å². The molecule has 1 fully saturated rings. The van der Waals surface area contributed by atoms with Crippen molar-refractivity contribution in [2.45, 2.75) is 37.8 Å². The lowest BCUT2D eigenvalue weighted by Crippen LogP contribution is -2.42. The van der Waals surface area contributed by atoms with E-state index in [2.05, 4.69) is 5.32 Å². The number of hydrogen-bond acceptors (Lipinski definition) is 3. The molecule has 4 heteroatoms. The second-order valence-corrected chi connectivity index (χ2v) is 5.01. The van der Waals surface area contributed by atoms with Crippen molar-refractivity contribution in [3.63, 3.8) is 0 Å². The zero-order chi connectivity index (χ0) is 13.5. The molecule has 0 radical (unpaired) electrons. The van der Waals surface area contributed by atoms with Crippen molar-refractivity contribution >= 4 is 5.91 Å². The largest absolute Gasteiger partial charge is 0.378 e. The maximum absolute atomic E-state index is 11.8. The molecule has 1 aromatic carbocycles. The maximum Gasteiger partial charge on any atom is 0.237 e. The number of carbonyl (C=O) groups is 1. The molecule has 1 unspecified atom stereocenters. The van der Waals surface area contributed by atoms with E-state index in [1.807, 2.05) is 30.3 Å². The number of rotatable bonds is 6. The fourth-order valence-corrected chi connectivity index (χ4v) is 2.32. The lowest BCUT2D eigenvalue weighted by atomic mass is 10.1. The van der Waals surface area contributed by atoms with Gasteiger partial charge >= 0.3 is 0 Å². The van der Waals surface area contributed by atoms with Gasteiger partial charge in [-0.05, 0) is 31.2 Å². The van der Waals surface area contributed by atoms with Crippen LogP contribution in [-0.4, -0.2) is 31.2 Å². The summed E-state index contributed by atoms with van der Waals surface area (Å²) in [6.07, 6.45) is 4.00. The molecule has 1 saturated heterocycles. The molecule has 0 aromatic heterocycles. The summed E-state index contributed by atoms with van der Waals surface area (Å²) in [7, 11) is 0. The number of benzene rings is 1. The highest BCUT2D eigenvalue weighted by molar-refractivity contribution is 5.81. The van der Waals surface area contributed by atoms with E-state index in [4.69, 9.17) is 10.5 Å². The van der Waals surface area contributed by atoms with Crippen LogP contribution in [0, 0.1) is 0 Å². The Morgan fingerprint density at radius 2 is 2.21 bits per heavy atom. The average Bonchev–Trinajstić information content (AvgIpc) is 2.93. The Morgan fingerprint density at radius 1 is 1.42 bits per heavy atom. The predicted molar refractivity (Wildman–Crippen MR) is 74.7 cm³/mol. The van der Waals surface area contributed by atoms with Crippen LogP contribution in [0.4, 0.5) is 0 Å². The summed E-state index contributed by atoms with van der Waals surface area (Å²) in [6.45, 7) is 1.50. The first-order valence-electron chi connectivity index (χ1n) is 6.94. The normalized spacial score (nSPS) is 20.2. The highest BCUT2D eigenvalue weighted by Gasteiger charge is 2.17. The Hall–Kier alpha value is -1.39. The van der Waals surface area contributed by atoms with E-state index in [-0.39, 0.29) is 5.91 Å². The second kappa shape index (κ2) is 7.26. The van der Waals surface area contributed by atoms with Gasteiger partial charge in [0.1, 0.15) is 0 Å².